The number of carboxylic acids is 1. The van der Waals surface area contributed by atoms with Crippen LogP contribution in [0.2, 0.25) is 0 Å². The van der Waals surface area contributed by atoms with Gasteiger partial charge in [-0.15, -0.1) is 0 Å². The summed E-state index contributed by atoms with van der Waals surface area (Å²) in [7, 11) is 0. The maximum atomic E-state index is 11.8. The van der Waals surface area contributed by atoms with Crippen molar-refractivity contribution in [3.63, 3.8) is 0 Å². The average Bonchev–Trinajstić information content (AvgIpc) is 2.97. The first-order chi connectivity index (χ1) is 10.2. The molecule has 2 rings (SSSR count). The molecule has 1 aromatic carbocycles. The molecule has 0 spiro atoms. The number of hydrogen-bond donors (Lipinski definition) is 3. The van der Waals surface area contributed by atoms with Crippen LogP contribution in [-0.4, -0.2) is 46.9 Å². The molecule has 0 atom stereocenters. The third-order valence-electron chi connectivity index (χ3n) is 2.65. The van der Waals surface area contributed by atoms with Crippen LogP contribution < -0.4 is 5.32 Å². The van der Waals surface area contributed by atoms with E-state index < -0.39 is 5.97 Å². The highest BCUT2D eigenvalue weighted by Crippen LogP contribution is 2.16. The number of amides is 1. The molecule has 3 N–H and O–H groups in total. The summed E-state index contributed by atoms with van der Waals surface area (Å²) >= 11 is 0. The van der Waals surface area contributed by atoms with E-state index in [0.717, 1.165) is 5.56 Å². The van der Waals surface area contributed by atoms with Crippen LogP contribution in [0.4, 0.5) is 0 Å². The number of H-pyrrole nitrogens is 1. The summed E-state index contributed by atoms with van der Waals surface area (Å²) in [5.74, 6) is -1.36. The second kappa shape index (κ2) is 7.20. The summed E-state index contributed by atoms with van der Waals surface area (Å²) in [5.41, 5.74) is 1.94. The third-order valence-corrected chi connectivity index (χ3v) is 2.65. The van der Waals surface area contributed by atoms with E-state index in [1.165, 1.54) is 0 Å². The smallest absolute Gasteiger partial charge is 0.329 e. The molecule has 1 aromatic heterocycles. The predicted molar refractivity (Wildman–Crippen MR) is 74.8 cm³/mol. The van der Waals surface area contributed by atoms with E-state index in [1.54, 1.807) is 6.07 Å². The zero-order chi connectivity index (χ0) is 15.1. The van der Waals surface area contributed by atoms with Crippen LogP contribution >= 0.6 is 0 Å². The van der Waals surface area contributed by atoms with E-state index in [-0.39, 0.29) is 25.7 Å². The van der Waals surface area contributed by atoms with E-state index in [0.29, 0.717) is 11.4 Å². The van der Waals surface area contributed by atoms with Crippen molar-refractivity contribution in [2.45, 2.75) is 0 Å². The molecule has 1 heterocycles. The Bertz CT molecular complexity index is 610. The fourth-order valence-electron chi connectivity index (χ4n) is 1.69. The van der Waals surface area contributed by atoms with Crippen molar-refractivity contribution < 1.29 is 19.4 Å². The molecular weight excluding hydrogens is 274 g/mol. The number of nitrogens with one attached hydrogen (secondary N) is 2. The Kier molecular flexibility index (Phi) is 5.05. The van der Waals surface area contributed by atoms with Crippen LogP contribution in [0.25, 0.3) is 11.3 Å². The zero-order valence-electron chi connectivity index (χ0n) is 11.2. The molecular formula is C14H15N3O4. The summed E-state index contributed by atoms with van der Waals surface area (Å²) < 4.78 is 4.82. The van der Waals surface area contributed by atoms with Crippen molar-refractivity contribution in [1.29, 1.82) is 0 Å². The van der Waals surface area contributed by atoms with Crippen LogP contribution in [0.5, 0.6) is 0 Å². The lowest BCUT2D eigenvalue weighted by molar-refractivity contribution is -0.142. The molecule has 21 heavy (non-hydrogen) atoms. The Morgan fingerprint density at radius 3 is 2.76 bits per heavy atom. The van der Waals surface area contributed by atoms with E-state index >= 15 is 0 Å². The van der Waals surface area contributed by atoms with Crippen molar-refractivity contribution >= 4 is 11.9 Å². The first-order valence-electron chi connectivity index (χ1n) is 6.35. The van der Waals surface area contributed by atoms with Crippen molar-refractivity contribution in [1.82, 2.24) is 15.5 Å². The standard InChI is InChI=1S/C14H15N3O4/c18-13(19)9-21-7-6-15-14(20)12-8-11(16-17-12)10-4-2-1-3-5-10/h1-5,8H,6-7,9H2,(H,15,20)(H,16,17)(H,18,19). The van der Waals surface area contributed by atoms with Crippen LogP contribution in [-0.2, 0) is 9.53 Å². The topological polar surface area (TPSA) is 104 Å². The molecule has 0 saturated carbocycles. The van der Waals surface area contributed by atoms with Gasteiger partial charge in [-0.2, -0.15) is 5.10 Å². The van der Waals surface area contributed by atoms with Gasteiger partial charge >= 0.3 is 5.97 Å². The van der Waals surface area contributed by atoms with Gasteiger partial charge in [0, 0.05) is 12.1 Å². The maximum absolute atomic E-state index is 11.8. The molecule has 0 fully saturated rings. The quantitative estimate of drug-likeness (QED) is 0.657. The maximum Gasteiger partial charge on any atom is 0.329 e. The Morgan fingerprint density at radius 1 is 1.29 bits per heavy atom. The molecule has 0 bridgehead atoms. The number of aliphatic carboxylic acids is 1. The van der Waals surface area contributed by atoms with E-state index in [9.17, 15) is 9.59 Å². The number of ether oxygens (including phenoxy) is 1. The van der Waals surface area contributed by atoms with E-state index in [2.05, 4.69) is 15.5 Å². The van der Waals surface area contributed by atoms with Gasteiger partial charge in [0.05, 0.1) is 12.3 Å². The lowest BCUT2D eigenvalue weighted by Crippen LogP contribution is -2.28. The number of hydrogen-bond acceptors (Lipinski definition) is 4. The van der Waals surface area contributed by atoms with Crippen LogP contribution in [0, 0.1) is 0 Å². The molecule has 0 radical (unpaired) electrons. The van der Waals surface area contributed by atoms with Crippen molar-refractivity contribution in [3.8, 4) is 11.3 Å². The number of aromatic amines is 1. The van der Waals surface area contributed by atoms with E-state index in [1.807, 2.05) is 30.3 Å². The van der Waals surface area contributed by atoms with Crippen molar-refractivity contribution in [2.75, 3.05) is 19.8 Å². The lowest BCUT2D eigenvalue weighted by Gasteiger charge is -2.03. The Balaban J connectivity index is 1.84. The molecule has 1 amide bonds. The zero-order valence-corrected chi connectivity index (χ0v) is 11.2. The van der Waals surface area contributed by atoms with Gasteiger partial charge in [-0.05, 0) is 6.07 Å². The SMILES string of the molecule is O=C(O)COCCNC(=O)c1cc(-c2ccccc2)n[nH]1. The van der Waals surface area contributed by atoms with Gasteiger partial charge < -0.3 is 15.2 Å². The minimum absolute atomic E-state index is 0.137. The third kappa shape index (κ3) is 4.43. The van der Waals surface area contributed by atoms with Gasteiger partial charge in [0.1, 0.15) is 12.3 Å². The van der Waals surface area contributed by atoms with Gasteiger partial charge in [0.2, 0.25) is 0 Å². The fraction of sp³-hybridized carbons (Fsp3) is 0.214. The number of carbonyl (C=O) groups excluding carboxylic acids is 1. The number of carbonyl (C=O) groups is 2. The molecule has 0 aliphatic rings. The summed E-state index contributed by atoms with van der Waals surface area (Å²) in [6, 6.07) is 11.1. The van der Waals surface area contributed by atoms with Gasteiger partial charge in [-0.3, -0.25) is 9.89 Å². The van der Waals surface area contributed by atoms with Crippen LogP contribution in [0.15, 0.2) is 36.4 Å². The molecule has 2 aromatic rings. The highest BCUT2D eigenvalue weighted by molar-refractivity contribution is 5.93. The highest BCUT2D eigenvalue weighted by Gasteiger charge is 2.10. The van der Waals surface area contributed by atoms with Gasteiger partial charge in [0.25, 0.3) is 5.91 Å². The Morgan fingerprint density at radius 2 is 2.05 bits per heavy atom. The number of aromatic nitrogens is 2. The Hall–Kier alpha value is -2.67. The summed E-state index contributed by atoms with van der Waals surface area (Å²) in [5, 5.41) is 17.7. The summed E-state index contributed by atoms with van der Waals surface area (Å²) in [6.45, 7) is -0.0123. The van der Waals surface area contributed by atoms with Gasteiger partial charge in [-0.25, -0.2) is 4.79 Å². The van der Waals surface area contributed by atoms with E-state index in [4.69, 9.17) is 9.84 Å². The number of rotatable bonds is 7. The minimum atomic E-state index is -1.04. The second-order valence-corrected chi connectivity index (χ2v) is 4.24. The average molecular weight is 289 g/mol. The van der Waals surface area contributed by atoms with Crippen molar-refractivity contribution in [2.24, 2.45) is 0 Å². The largest absolute Gasteiger partial charge is 0.480 e. The van der Waals surface area contributed by atoms with Gasteiger partial charge in [-0.1, -0.05) is 30.3 Å². The van der Waals surface area contributed by atoms with Crippen LogP contribution in [0.3, 0.4) is 0 Å². The first kappa shape index (κ1) is 14.7. The molecule has 0 aliphatic heterocycles. The van der Waals surface area contributed by atoms with Gasteiger partial charge in [0.15, 0.2) is 0 Å². The number of nitrogens with zero attached hydrogens (tertiary/aromatic N) is 1. The highest BCUT2D eigenvalue weighted by atomic mass is 16.5. The second-order valence-electron chi connectivity index (χ2n) is 4.24. The summed E-state index contributed by atoms with van der Waals surface area (Å²) in [6.07, 6.45) is 0. The summed E-state index contributed by atoms with van der Waals surface area (Å²) in [4.78, 5) is 22.1. The lowest BCUT2D eigenvalue weighted by atomic mass is 10.1. The fourth-order valence-corrected chi connectivity index (χ4v) is 1.69. The monoisotopic (exact) mass is 289 g/mol. The number of carboxylic acid groups (broad SMARTS) is 1. The molecule has 7 heteroatoms. The predicted octanol–water partition coefficient (Wildman–Crippen LogP) is 0.908. The number of benzene rings is 1. The molecule has 110 valence electrons. The molecule has 7 nitrogen and oxygen atoms in total. The van der Waals surface area contributed by atoms with Crippen molar-refractivity contribution in [3.05, 3.63) is 42.1 Å². The normalized spacial score (nSPS) is 10.3. The van der Waals surface area contributed by atoms with Crippen LogP contribution in [0.1, 0.15) is 10.5 Å². The minimum Gasteiger partial charge on any atom is -0.480 e. The first-order valence-corrected chi connectivity index (χ1v) is 6.35. The molecule has 0 aliphatic carbocycles. The molecule has 0 saturated heterocycles. The molecule has 0 unspecified atom stereocenters. The Labute approximate surface area is 120 Å².